The maximum atomic E-state index is 10.5. The number of nitrogens with zero attached hydrogens (tertiary/aromatic N) is 1. The molecule has 0 amide bonds. The highest BCUT2D eigenvalue weighted by atomic mass is 16.4. The van der Waals surface area contributed by atoms with Crippen LogP contribution in [-0.4, -0.2) is 118 Å². The van der Waals surface area contributed by atoms with Crippen LogP contribution in [0, 0.1) is 0 Å². The van der Waals surface area contributed by atoms with Crippen molar-refractivity contribution in [3.05, 3.63) is 107 Å². The molecule has 0 aliphatic rings. The first-order valence-electron chi connectivity index (χ1n) is 17.6. The molecule has 0 aliphatic heterocycles. The van der Waals surface area contributed by atoms with E-state index in [1.807, 2.05) is 0 Å². The predicted molar refractivity (Wildman–Crippen MR) is 244 cm³/mol. The van der Waals surface area contributed by atoms with E-state index >= 15 is 0 Å². The maximum Gasteiger partial charge on any atom is 0.335 e. The Labute approximate surface area is 367 Å². The highest BCUT2D eigenvalue weighted by Gasteiger charge is 2.10. The van der Waals surface area contributed by atoms with Crippen molar-refractivity contribution in [3.8, 4) is 0 Å². The number of anilines is 6. The van der Waals surface area contributed by atoms with Gasteiger partial charge in [0.2, 0.25) is 0 Å². The monoisotopic (exact) mass is 907 g/mol. The predicted octanol–water partition coefficient (Wildman–Crippen LogP) is -2.46. The van der Waals surface area contributed by atoms with Gasteiger partial charge in [-0.1, -0.05) is 0 Å². The van der Waals surface area contributed by atoms with Crippen molar-refractivity contribution >= 4 is 69.9 Å². The van der Waals surface area contributed by atoms with Crippen LogP contribution >= 0.6 is 0 Å². The Kier molecular flexibility index (Phi) is 37.4. The Balaban J connectivity index is -0.000000331. The summed E-state index contributed by atoms with van der Waals surface area (Å²) in [7, 11) is 0. The van der Waals surface area contributed by atoms with Gasteiger partial charge in [-0.3, -0.25) is 19.8 Å². The van der Waals surface area contributed by atoms with Gasteiger partial charge in [-0.05, 0) is 84.9 Å². The van der Waals surface area contributed by atoms with E-state index in [2.05, 4.69) is 22.5 Å². The van der Waals surface area contributed by atoms with E-state index in [1.165, 1.54) is 47.4 Å². The number of benzene rings is 4. The van der Waals surface area contributed by atoms with Crippen molar-refractivity contribution in [1.29, 1.82) is 0 Å². The number of hydrogen-bond acceptors (Lipinski definition) is 21. The summed E-state index contributed by atoms with van der Waals surface area (Å²) < 4.78 is 0. The van der Waals surface area contributed by atoms with Crippen LogP contribution < -0.4 is 79.9 Å². The molecule has 0 radical (unpaired) electrons. The van der Waals surface area contributed by atoms with Crippen molar-refractivity contribution in [2.45, 2.75) is 0 Å². The zero-order chi connectivity index (χ0) is 50.4. The molecule has 4 aromatic rings. The first kappa shape index (κ1) is 62.8. The molecular weight excluding hydrogens is 846 g/mol. The van der Waals surface area contributed by atoms with E-state index in [9.17, 15) is 28.8 Å². The van der Waals surface area contributed by atoms with Gasteiger partial charge in [0.05, 0.1) is 35.3 Å². The van der Waals surface area contributed by atoms with Crippen LogP contribution in [0.1, 0.15) is 41.4 Å². The number of carboxylic acid groups (broad SMARTS) is 6. The van der Waals surface area contributed by atoms with E-state index in [4.69, 9.17) is 88.0 Å². The van der Waals surface area contributed by atoms with E-state index in [0.717, 1.165) is 17.4 Å². The highest BCUT2D eigenvalue weighted by molar-refractivity contribution is 5.95. The molecular formula is C37H61N15O12. The third-order valence-electron chi connectivity index (χ3n) is 6.11. The van der Waals surface area contributed by atoms with Crippen molar-refractivity contribution in [1.82, 2.24) is 10.2 Å². The van der Waals surface area contributed by atoms with Gasteiger partial charge in [0.15, 0.2) is 0 Å². The van der Waals surface area contributed by atoms with Crippen molar-refractivity contribution in [2.24, 2.45) is 40.1 Å². The molecule has 0 aromatic heterocycles. The summed E-state index contributed by atoms with van der Waals surface area (Å²) in [6, 6.07) is 20.8. The Morgan fingerprint density at radius 3 is 0.875 bits per heavy atom. The summed E-state index contributed by atoms with van der Waals surface area (Å²) in [5, 5.41) is 52.5. The number of carboxylic acids is 6. The minimum atomic E-state index is -1.20. The average molecular weight is 908 g/mol. The van der Waals surface area contributed by atoms with Crippen LogP contribution in [0.15, 0.2) is 84.9 Å². The zero-order valence-electron chi connectivity index (χ0n) is 34.6. The third-order valence-corrected chi connectivity index (χ3v) is 6.11. The van der Waals surface area contributed by atoms with Crippen LogP contribution in [0.3, 0.4) is 0 Å². The molecule has 27 nitrogen and oxygen atoms in total. The summed E-state index contributed by atoms with van der Waals surface area (Å²) in [5.74, 6) is -6.23. The Morgan fingerprint density at radius 2 is 0.672 bits per heavy atom. The van der Waals surface area contributed by atoms with E-state index in [1.54, 1.807) is 36.4 Å². The van der Waals surface area contributed by atoms with Gasteiger partial charge in [0, 0.05) is 67.5 Å². The Morgan fingerprint density at radius 1 is 0.406 bits per heavy atom. The van der Waals surface area contributed by atoms with Gasteiger partial charge >= 0.3 is 35.8 Å². The molecule has 0 atom stereocenters. The summed E-state index contributed by atoms with van der Waals surface area (Å²) in [6.45, 7) is 1.19. The molecule has 4 aromatic carbocycles. The molecule has 0 aliphatic carbocycles. The lowest BCUT2D eigenvalue weighted by Crippen LogP contribution is -2.38. The molecule has 0 unspecified atom stereocenters. The minimum absolute atomic E-state index is 0.0903. The Hall–Kier alpha value is -7.86. The van der Waals surface area contributed by atoms with Crippen LogP contribution in [0.25, 0.3) is 0 Å². The number of carbonyl (C=O) groups is 6. The number of rotatable bonds is 11. The van der Waals surface area contributed by atoms with Gasteiger partial charge in [0.25, 0.3) is 0 Å². The number of nitrogen functional groups attached to an aromatic ring is 6. The second-order valence-corrected chi connectivity index (χ2v) is 11.3. The number of aromatic carboxylic acids is 4. The van der Waals surface area contributed by atoms with Crippen molar-refractivity contribution < 1.29 is 59.4 Å². The second kappa shape index (κ2) is 38.1. The fraction of sp³-hybridized carbons (Fsp3) is 0.189. The van der Waals surface area contributed by atoms with E-state index in [-0.39, 0.29) is 61.0 Å². The largest absolute Gasteiger partial charge is 0.480 e. The average Bonchev–Trinajstić information content (AvgIpc) is 3.22. The van der Waals surface area contributed by atoms with Crippen LogP contribution in [0.4, 0.5) is 34.1 Å². The van der Waals surface area contributed by atoms with Crippen LogP contribution in [0.2, 0.25) is 0 Å². The number of aliphatic carboxylic acids is 2. The molecule has 356 valence electrons. The summed E-state index contributed by atoms with van der Waals surface area (Å²) >= 11 is 0. The highest BCUT2D eigenvalue weighted by Crippen LogP contribution is 2.13. The SMILES string of the molecule is NCC(=O)O.NCN.NCN(CN)CC(=O)O.NCNCN.Nc1cc(C(=O)O)cc(C(=O)O)c1.Nc1cc(N)cc(C(=O)O)c1.Nc1ccc(C(=O)O)cc1.Nc1ccc(N)cc1. The number of nitrogens with one attached hydrogen (secondary N) is 1. The molecule has 0 fully saturated rings. The lowest BCUT2D eigenvalue weighted by Gasteiger charge is -2.13. The second-order valence-electron chi connectivity index (χ2n) is 11.3. The fourth-order valence-electron chi connectivity index (χ4n) is 3.30. The molecule has 33 N–H and O–H groups in total. The minimum Gasteiger partial charge on any atom is -0.480 e. The first-order chi connectivity index (χ1) is 29.9. The molecule has 0 spiro atoms. The molecule has 0 bridgehead atoms. The standard InChI is InChI=1S/C8H7NO4.C7H8N2O2.C7H7NO2.C6H8N2.C4H11N3O2.C2H9N3.C2H5NO2.CH6N2/c9-6-2-4(7(10)11)1-5(3-6)8(12)13;8-5-1-4(7(10)11)2-6(9)3-5;8-6-3-1-5(2-4-6)7(9)10;7-5-1-2-6(8)4-3-5;5-2-7(3-6)1-4(8)9;3-1-5-2-4;3-1-2(4)5;2-1-3/h1-3H,9H2,(H,10,11)(H,12,13);1-3H,8-9H2,(H,10,11);1-4H,8H2,(H,9,10);1-4H,7-8H2;1-3,5-6H2,(H,8,9);5H,1-4H2;1,3H2,(H,4,5);1-3H2. The lowest BCUT2D eigenvalue weighted by molar-refractivity contribution is -0.138. The van der Waals surface area contributed by atoms with Crippen molar-refractivity contribution in [3.63, 3.8) is 0 Å². The van der Waals surface area contributed by atoms with E-state index < -0.39 is 35.8 Å². The fourth-order valence-corrected chi connectivity index (χ4v) is 3.30. The third kappa shape index (κ3) is 37.2. The van der Waals surface area contributed by atoms with Gasteiger partial charge in [-0.15, -0.1) is 0 Å². The van der Waals surface area contributed by atoms with Crippen molar-refractivity contribution in [2.75, 3.05) is 80.8 Å². The molecule has 4 rings (SSSR count). The quantitative estimate of drug-likeness (QED) is 0.0548. The summed E-state index contributed by atoms with van der Waals surface area (Å²) in [5.41, 5.74) is 69.1. The molecule has 64 heavy (non-hydrogen) atoms. The smallest absolute Gasteiger partial charge is 0.335 e. The summed E-state index contributed by atoms with van der Waals surface area (Å²) in [4.78, 5) is 62.2. The van der Waals surface area contributed by atoms with Crippen LogP contribution in [0.5, 0.6) is 0 Å². The molecule has 27 heteroatoms. The van der Waals surface area contributed by atoms with Gasteiger partial charge < -0.3 is 105 Å². The maximum absolute atomic E-state index is 10.5. The first-order valence-corrected chi connectivity index (χ1v) is 17.6. The molecule has 0 saturated heterocycles. The zero-order valence-corrected chi connectivity index (χ0v) is 34.6. The van der Waals surface area contributed by atoms with Gasteiger partial charge in [0.1, 0.15) is 0 Å². The number of hydrogen-bond donors (Lipinski definition) is 20. The summed E-state index contributed by atoms with van der Waals surface area (Å²) in [6.07, 6.45) is 0. The van der Waals surface area contributed by atoms with Gasteiger partial charge in [-0.2, -0.15) is 0 Å². The van der Waals surface area contributed by atoms with Gasteiger partial charge in [-0.25, -0.2) is 19.2 Å². The lowest BCUT2D eigenvalue weighted by atomic mass is 10.1. The molecule has 0 saturated carbocycles. The van der Waals surface area contributed by atoms with Crippen LogP contribution in [-0.2, 0) is 9.59 Å². The normalized spacial score (nSPS) is 9.06. The topological polar surface area (TPSA) is 577 Å². The molecule has 0 heterocycles. The number of nitrogens with two attached hydrogens (primary N) is 13. The van der Waals surface area contributed by atoms with E-state index in [0.29, 0.717) is 30.4 Å². The Bertz CT molecular complexity index is 1880.